The lowest BCUT2D eigenvalue weighted by atomic mass is 10.0. The van der Waals surface area contributed by atoms with Crippen LogP contribution in [0.2, 0.25) is 0 Å². The Morgan fingerprint density at radius 1 is 0.897 bits per heavy atom. The molecule has 1 heterocycles. The van der Waals surface area contributed by atoms with Crippen LogP contribution in [0, 0.1) is 0 Å². The number of carbonyl (C=O) groups excluding carboxylic acids is 5. The van der Waals surface area contributed by atoms with Gasteiger partial charge in [-0.2, -0.15) is 0 Å². The quantitative estimate of drug-likeness (QED) is 0.215. The van der Waals surface area contributed by atoms with Gasteiger partial charge in [-0.1, -0.05) is 48.9 Å². The van der Waals surface area contributed by atoms with Crippen molar-refractivity contribution >= 4 is 35.2 Å². The lowest BCUT2D eigenvalue weighted by Gasteiger charge is -2.15. The van der Waals surface area contributed by atoms with Crippen LogP contribution in [0.1, 0.15) is 49.3 Å². The molecule has 206 valence electrons. The number of benzene rings is 2. The highest BCUT2D eigenvalue weighted by atomic mass is 16.3. The number of nitrogens with zero attached hydrogens (tertiary/aromatic N) is 1. The third-order valence-corrected chi connectivity index (χ3v) is 6.25. The molecule has 0 aliphatic carbocycles. The van der Waals surface area contributed by atoms with E-state index in [-0.39, 0.29) is 37.3 Å². The van der Waals surface area contributed by atoms with Crippen LogP contribution in [0.3, 0.4) is 0 Å². The normalized spacial score (nSPS) is 13.3. The number of amides is 5. The predicted octanol–water partition coefficient (Wildman–Crippen LogP) is 1.81. The molecule has 2 aromatic rings. The van der Waals surface area contributed by atoms with Crippen LogP contribution in [0.5, 0.6) is 0 Å². The first-order valence-electron chi connectivity index (χ1n) is 12.9. The molecule has 0 aromatic heterocycles. The highest BCUT2D eigenvalue weighted by Gasteiger charge is 2.22. The number of hydrogen-bond acceptors (Lipinski definition) is 6. The van der Waals surface area contributed by atoms with Crippen molar-refractivity contribution in [3.05, 3.63) is 77.4 Å². The zero-order valence-corrected chi connectivity index (χ0v) is 21.9. The Hall–Kier alpha value is -4.31. The Morgan fingerprint density at radius 2 is 1.62 bits per heavy atom. The molecule has 0 saturated heterocycles. The summed E-state index contributed by atoms with van der Waals surface area (Å²) in [5.41, 5.74) is 3.11. The van der Waals surface area contributed by atoms with Crippen molar-refractivity contribution in [3.8, 4) is 0 Å². The molecule has 5 amide bonds. The fourth-order valence-electron chi connectivity index (χ4n) is 4.10. The third kappa shape index (κ3) is 9.19. The second-order valence-electron chi connectivity index (χ2n) is 9.34. The molecule has 0 bridgehead atoms. The second-order valence-corrected chi connectivity index (χ2v) is 9.34. The zero-order valence-electron chi connectivity index (χ0n) is 21.9. The molecule has 1 aliphatic heterocycles. The molecule has 0 saturated carbocycles. The summed E-state index contributed by atoms with van der Waals surface area (Å²) in [6.07, 6.45) is 5.12. The SMILES string of the molecule is CC(NC(=O)CCCCCN1C(=O)C=CC1=O)C(=O)NCC(=O)Nc1cc(Cc2ccccc2)ccc1CO. The minimum atomic E-state index is -0.835. The predicted molar refractivity (Wildman–Crippen MR) is 145 cm³/mol. The van der Waals surface area contributed by atoms with E-state index < -0.39 is 17.9 Å². The number of imide groups is 1. The number of nitrogens with one attached hydrogen (secondary N) is 3. The smallest absolute Gasteiger partial charge is 0.253 e. The number of carbonyl (C=O) groups is 5. The van der Waals surface area contributed by atoms with E-state index in [1.807, 2.05) is 36.4 Å². The first kappa shape index (κ1) is 29.2. The molecule has 10 heteroatoms. The van der Waals surface area contributed by atoms with Crippen molar-refractivity contribution in [2.75, 3.05) is 18.4 Å². The molecule has 1 atom stereocenters. The summed E-state index contributed by atoms with van der Waals surface area (Å²) in [4.78, 5) is 61.2. The summed E-state index contributed by atoms with van der Waals surface area (Å²) in [7, 11) is 0. The molecular formula is C29H34N4O6. The molecule has 0 fully saturated rings. The molecule has 39 heavy (non-hydrogen) atoms. The van der Waals surface area contributed by atoms with Gasteiger partial charge < -0.3 is 21.1 Å². The van der Waals surface area contributed by atoms with Crippen molar-refractivity contribution in [1.82, 2.24) is 15.5 Å². The number of aliphatic hydroxyl groups excluding tert-OH is 1. The lowest BCUT2D eigenvalue weighted by Crippen LogP contribution is -2.46. The lowest BCUT2D eigenvalue weighted by molar-refractivity contribution is -0.137. The Kier molecular flexibility index (Phi) is 10.9. The fraction of sp³-hybridized carbons (Fsp3) is 0.345. The maximum Gasteiger partial charge on any atom is 0.253 e. The van der Waals surface area contributed by atoms with Crippen LogP contribution in [0.25, 0.3) is 0 Å². The van der Waals surface area contributed by atoms with Gasteiger partial charge in [0, 0.05) is 36.4 Å². The van der Waals surface area contributed by atoms with E-state index in [4.69, 9.17) is 0 Å². The standard InChI is InChI=1S/C29H34N4O6/c1-20(31-25(35)10-6-3-7-15-33-27(37)13-14-28(33)38)29(39)30-18-26(36)32-24-17-22(11-12-23(24)19-34)16-21-8-4-2-5-9-21/h2,4-5,8-9,11-14,17,20,34H,3,6-7,10,15-16,18-19H2,1H3,(H,30,39)(H,31,35)(H,32,36). The molecular weight excluding hydrogens is 500 g/mol. The Bertz CT molecular complexity index is 1210. The van der Waals surface area contributed by atoms with Crippen molar-refractivity contribution in [2.24, 2.45) is 0 Å². The van der Waals surface area contributed by atoms with Crippen molar-refractivity contribution in [3.63, 3.8) is 0 Å². The van der Waals surface area contributed by atoms with Gasteiger partial charge in [0.25, 0.3) is 11.8 Å². The summed E-state index contributed by atoms with van der Waals surface area (Å²) in [5, 5.41) is 17.5. The minimum absolute atomic E-state index is 0.196. The average Bonchev–Trinajstić information content (AvgIpc) is 3.24. The topological polar surface area (TPSA) is 145 Å². The van der Waals surface area contributed by atoms with E-state index >= 15 is 0 Å². The van der Waals surface area contributed by atoms with Crippen LogP contribution in [-0.4, -0.2) is 58.7 Å². The van der Waals surface area contributed by atoms with Gasteiger partial charge in [-0.25, -0.2) is 0 Å². The monoisotopic (exact) mass is 534 g/mol. The number of anilines is 1. The van der Waals surface area contributed by atoms with Gasteiger partial charge in [0.1, 0.15) is 6.04 Å². The molecule has 0 spiro atoms. The van der Waals surface area contributed by atoms with Crippen molar-refractivity contribution in [1.29, 1.82) is 0 Å². The van der Waals surface area contributed by atoms with Crippen LogP contribution in [0.4, 0.5) is 5.69 Å². The van der Waals surface area contributed by atoms with Gasteiger partial charge in [0.2, 0.25) is 17.7 Å². The average molecular weight is 535 g/mol. The maximum absolute atomic E-state index is 12.5. The number of unbranched alkanes of at least 4 members (excludes halogenated alkanes) is 2. The van der Waals surface area contributed by atoms with Crippen LogP contribution >= 0.6 is 0 Å². The molecule has 3 rings (SSSR count). The molecule has 10 nitrogen and oxygen atoms in total. The largest absolute Gasteiger partial charge is 0.392 e. The molecule has 2 aromatic carbocycles. The Labute approximate surface area is 227 Å². The zero-order chi connectivity index (χ0) is 28.2. The van der Waals surface area contributed by atoms with E-state index in [9.17, 15) is 29.1 Å². The van der Waals surface area contributed by atoms with Gasteiger partial charge in [0.05, 0.1) is 13.2 Å². The van der Waals surface area contributed by atoms with Gasteiger partial charge in [-0.05, 0) is 43.4 Å². The van der Waals surface area contributed by atoms with Gasteiger partial charge in [-0.15, -0.1) is 0 Å². The first-order valence-corrected chi connectivity index (χ1v) is 12.9. The summed E-state index contributed by atoms with van der Waals surface area (Å²) in [6.45, 7) is 1.29. The number of rotatable bonds is 14. The first-order chi connectivity index (χ1) is 18.8. The third-order valence-electron chi connectivity index (χ3n) is 6.25. The highest BCUT2D eigenvalue weighted by Crippen LogP contribution is 2.20. The fourth-order valence-corrected chi connectivity index (χ4v) is 4.10. The summed E-state index contributed by atoms with van der Waals surface area (Å²) in [5.74, 6) is -1.91. The molecule has 1 aliphatic rings. The molecule has 4 N–H and O–H groups in total. The van der Waals surface area contributed by atoms with Crippen molar-refractivity contribution in [2.45, 2.75) is 51.7 Å². The Balaban J connectivity index is 1.37. The highest BCUT2D eigenvalue weighted by molar-refractivity contribution is 6.12. The number of hydrogen-bond donors (Lipinski definition) is 4. The molecule has 0 radical (unpaired) electrons. The summed E-state index contributed by atoms with van der Waals surface area (Å²) < 4.78 is 0. The van der Waals surface area contributed by atoms with E-state index in [0.29, 0.717) is 43.5 Å². The summed E-state index contributed by atoms with van der Waals surface area (Å²) in [6, 6.07) is 14.5. The second kappa shape index (κ2) is 14.6. The van der Waals surface area contributed by atoms with E-state index in [0.717, 1.165) is 16.0 Å². The number of aliphatic hydroxyl groups is 1. The van der Waals surface area contributed by atoms with E-state index in [1.54, 1.807) is 12.1 Å². The van der Waals surface area contributed by atoms with Gasteiger partial charge >= 0.3 is 0 Å². The van der Waals surface area contributed by atoms with Gasteiger partial charge in [0.15, 0.2) is 0 Å². The van der Waals surface area contributed by atoms with Crippen LogP contribution in [0.15, 0.2) is 60.7 Å². The maximum atomic E-state index is 12.5. The Morgan fingerprint density at radius 3 is 2.31 bits per heavy atom. The van der Waals surface area contributed by atoms with Crippen molar-refractivity contribution < 1.29 is 29.1 Å². The summed E-state index contributed by atoms with van der Waals surface area (Å²) >= 11 is 0. The van der Waals surface area contributed by atoms with E-state index in [2.05, 4.69) is 16.0 Å². The molecule has 1 unspecified atom stereocenters. The minimum Gasteiger partial charge on any atom is -0.392 e. The van der Waals surface area contributed by atoms with Crippen LogP contribution in [-0.2, 0) is 37.0 Å². The van der Waals surface area contributed by atoms with E-state index in [1.165, 1.54) is 19.1 Å². The van der Waals surface area contributed by atoms with Gasteiger partial charge in [-0.3, -0.25) is 28.9 Å². The van der Waals surface area contributed by atoms with Crippen LogP contribution < -0.4 is 16.0 Å².